The summed E-state index contributed by atoms with van der Waals surface area (Å²) in [6, 6.07) is 14.3. The van der Waals surface area contributed by atoms with Crippen LogP contribution >= 0.6 is 0 Å². The monoisotopic (exact) mass is 354 g/mol. The van der Waals surface area contributed by atoms with Gasteiger partial charge in [-0.25, -0.2) is 0 Å². The summed E-state index contributed by atoms with van der Waals surface area (Å²) < 4.78 is 23.3. The molecule has 4 heteroatoms. The van der Waals surface area contributed by atoms with E-state index < -0.39 is 0 Å². The van der Waals surface area contributed by atoms with Crippen molar-refractivity contribution >= 4 is 0 Å². The second kappa shape index (κ2) is 7.58. The lowest BCUT2D eigenvalue weighted by molar-refractivity contribution is -0.106. The number of hydrogen-bond donors (Lipinski definition) is 0. The van der Waals surface area contributed by atoms with Crippen LogP contribution in [0.25, 0.3) is 0 Å². The van der Waals surface area contributed by atoms with Crippen LogP contribution < -0.4 is 14.2 Å². The van der Waals surface area contributed by atoms with E-state index in [0.29, 0.717) is 5.92 Å². The van der Waals surface area contributed by atoms with Gasteiger partial charge in [-0.05, 0) is 60.7 Å². The highest BCUT2D eigenvalue weighted by Gasteiger charge is 2.28. The standard InChI is InChI=1S/C22H26O4/c1-15-13-17-14-19(25-21-5-3-4-12-24-21)10-11-20(17)26-22(15)16-6-8-18(23-2)9-7-16/h6-11,14-15,21-22H,3-5,12-13H2,1-2H3. The first-order chi connectivity index (χ1) is 12.7. The first-order valence-corrected chi connectivity index (χ1v) is 9.45. The van der Waals surface area contributed by atoms with Crippen molar-refractivity contribution in [2.24, 2.45) is 5.92 Å². The second-order valence-corrected chi connectivity index (χ2v) is 7.18. The topological polar surface area (TPSA) is 36.9 Å². The van der Waals surface area contributed by atoms with Gasteiger partial charge in [0.1, 0.15) is 23.4 Å². The molecule has 2 heterocycles. The lowest BCUT2D eigenvalue weighted by Crippen LogP contribution is -2.26. The molecule has 138 valence electrons. The van der Waals surface area contributed by atoms with Crippen molar-refractivity contribution in [3.63, 3.8) is 0 Å². The third-order valence-electron chi connectivity index (χ3n) is 5.19. The molecule has 0 saturated carbocycles. The van der Waals surface area contributed by atoms with Gasteiger partial charge in [-0.2, -0.15) is 0 Å². The molecular formula is C22H26O4. The van der Waals surface area contributed by atoms with Crippen molar-refractivity contribution in [2.45, 2.75) is 45.0 Å². The summed E-state index contributed by atoms with van der Waals surface area (Å²) in [5.41, 5.74) is 2.38. The predicted molar refractivity (Wildman–Crippen MR) is 99.9 cm³/mol. The highest BCUT2D eigenvalue weighted by molar-refractivity contribution is 5.43. The zero-order valence-electron chi connectivity index (χ0n) is 15.4. The van der Waals surface area contributed by atoms with E-state index in [-0.39, 0.29) is 12.4 Å². The normalized spacial score (nSPS) is 25.1. The Bertz CT molecular complexity index is 734. The molecule has 2 aromatic rings. The zero-order chi connectivity index (χ0) is 17.9. The molecule has 4 rings (SSSR count). The predicted octanol–water partition coefficient (Wildman–Crippen LogP) is 4.91. The van der Waals surface area contributed by atoms with Gasteiger partial charge in [0.05, 0.1) is 13.7 Å². The van der Waals surface area contributed by atoms with Crippen LogP contribution in [0.3, 0.4) is 0 Å². The number of ether oxygens (including phenoxy) is 4. The van der Waals surface area contributed by atoms with Gasteiger partial charge in [-0.3, -0.25) is 0 Å². The molecule has 0 aromatic heterocycles. The fraction of sp³-hybridized carbons (Fsp3) is 0.455. The Balaban J connectivity index is 1.49. The minimum Gasteiger partial charge on any atom is -0.497 e. The highest BCUT2D eigenvalue weighted by atomic mass is 16.7. The van der Waals surface area contributed by atoms with Crippen molar-refractivity contribution in [2.75, 3.05) is 13.7 Å². The van der Waals surface area contributed by atoms with Gasteiger partial charge >= 0.3 is 0 Å². The van der Waals surface area contributed by atoms with Crippen LogP contribution in [0.1, 0.15) is 43.4 Å². The molecule has 0 spiro atoms. The average Bonchev–Trinajstić information content (AvgIpc) is 2.68. The van der Waals surface area contributed by atoms with E-state index in [9.17, 15) is 0 Å². The maximum absolute atomic E-state index is 6.32. The molecule has 4 nitrogen and oxygen atoms in total. The molecule has 26 heavy (non-hydrogen) atoms. The Morgan fingerprint density at radius 3 is 2.54 bits per heavy atom. The quantitative estimate of drug-likeness (QED) is 0.781. The SMILES string of the molecule is COc1ccc(C2Oc3ccc(OC4CCCCO4)cc3CC2C)cc1. The number of rotatable bonds is 4. The fourth-order valence-electron chi connectivity index (χ4n) is 3.76. The molecule has 2 aliphatic rings. The van der Waals surface area contributed by atoms with Crippen LogP contribution in [0.4, 0.5) is 0 Å². The highest BCUT2D eigenvalue weighted by Crippen LogP contribution is 2.40. The minimum atomic E-state index is -0.115. The van der Waals surface area contributed by atoms with Crippen molar-refractivity contribution in [1.82, 2.24) is 0 Å². The van der Waals surface area contributed by atoms with Gasteiger partial charge in [0.25, 0.3) is 0 Å². The molecular weight excluding hydrogens is 328 g/mol. The van der Waals surface area contributed by atoms with Crippen molar-refractivity contribution in [1.29, 1.82) is 0 Å². The Hall–Kier alpha value is -2.20. The molecule has 1 saturated heterocycles. The van der Waals surface area contributed by atoms with Crippen LogP contribution in [0, 0.1) is 5.92 Å². The van der Waals surface area contributed by atoms with E-state index in [1.807, 2.05) is 24.3 Å². The largest absolute Gasteiger partial charge is 0.497 e. The van der Waals surface area contributed by atoms with E-state index in [4.69, 9.17) is 18.9 Å². The smallest absolute Gasteiger partial charge is 0.199 e. The molecule has 3 unspecified atom stereocenters. The van der Waals surface area contributed by atoms with Crippen molar-refractivity contribution < 1.29 is 18.9 Å². The molecule has 2 aliphatic heterocycles. The molecule has 1 fully saturated rings. The zero-order valence-corrected chi connectivity index (χ0v) is 15.4. The maximum atomic E-state index is 6.32. The summed E-state index contributed by atoms with van der Waals surface area (Å²) in [5.74, 6) is 3.07. The third-order valence-corrected chi connectivity index (χ3v) is 5.19. The number of methoxy groups -OCH3 is 1. The van der Waals surface area contributed by atoms with Crippen LogP contribution in [-0.2, 0) is 11.2 Å². The van der Waals surface area contributed by atoms with E-state index in [2.05, 4.69) is 25.1 Å². The summed E-state index contributed by atoms with van der Waals surface area (Å²) >= 11 is 0. The average molecular weight is 354 g/mol. The molecule has 0 radical (unpaired) electrons. The minimum absolute atomic E-state index is 0.0573. The number of benzene rings is 2. The fourth-order valence-corrected chi connectivity index (χ4v) is 3.76. The number of hydrogen-bond acceptors (Lipinski definition) is 4. The maximum Gasteiger partial charge on any atom is 0.199 e. The first-order valence-electron chi connectivity index (χ1n) is 9.45. The van der Waals surface area contributed by atoms with E-state index in [1.165, 1.54) is 17.5 Å². The van der Waals surface area contributed by atoms with E-state index in [1.54, 1.807) is 7.11 Å². The molecule has 0 N–H and O–H groups in total. The van der Waals surface area contributed by atoms with Crippen LogP contribution in [0.5, 0.6) is 17.2 Å². The summed E-state index contributed by atoms with van der Waals surface area (Å²) in [6.45, 7) is 3.02. The van der Waals surface area contributed by atoms with Gasteiger partial charge < -0.3 is 18.9 Å². The van der Waals surface area contributed by atoms with Gasteiger partial charge in [0.2, 0.25) is 0 Å². The summed E-state index contributed by atoms with van der Waals surface area (Å²) in [6.07, 6.45) is 4.16. The Morgan fingerprint density at radius 2 is 1.81 bits per heavy atom. The second-order valence-electron chi connectivity index (χ2n) is 7.18. The first kappa shape index (κ1) is 17.2. The summed E-state index contributed by atoms with van der Waals surface area (Å²) in [5, 5.41) is 0. The molecule has 0 bridgehead atoms. The Labute approximate surface area is 155 Å². The van der Waals surface area contributed by atoms with Gasteiger partial charge in [-0.1, -0.05) is 19.1 Å². The van der Waals surface area contributed by atoms with Crippen molar-refractivity contribution in [3.05, 3.63) is 53.6 Å². The summed E-state index contributed by atoms with van der Waals surface area (Å²) in [4.78, 5) is 0. The number of fused-ring (bicyclic) bond motifs is 1. The molecule has 0 aliphatic carbocycles. The molecule has 2 aromatic carbocycles. The van der Waals surface area contributed by atoms with Gasteiger partial charge in [-0.15, -0.1) is 0 Å². The lowest BCUT2D eigenvalue weighted by Gasteiger charge is -2.32. The third kappa shape index (κ3) is 3.65. The van der Waals surface area contributed by atoms with Gasteiger partial charge in [0.15, 0.2) is 6.29 Å². The van der Waals surface area contributed by atoms with Crippen LogP contribution in [-0.4, -0.2) is 20.0 Å². The molecule has 3 atom stereocenters. The van der Waals surface area contributed by atoms with Gasteiger partial charge in [0, 0.05) is 12.3 Å². The van der Waals surface area contributed by atoms with E-state index >= 15 is 0 Å². The van der Waals surface area contributed by atoms with Crippen molar-refractivity contribution in [3.8, 4) is 17.2 Å². The Morgan fingerprint density at radius 1 is 1.00 bits per heavy atom. The van der Waals surface area contributed by atoms with E-state index in [0.717, 1.165) is 43.1 Å². The molecule has 0 amide bonds. The lowest BCUT2D eigenvalue weighted by atomic mass is 9.88. The Kier molecular flexibility index (Phi) is 5.02. The van der Waals surface area contributed by atoms with Crippen LogP contribution in [0.2, 0.25) is 0 Å². The van der Waals surface area contributed by atoms with Crippen LogP contribution in [0.15, 0.2) is 42.5 Å². The summed E-state index contributed by atoms with van der Waals surface area (Å²) in [7, 11) is 1.68.